The summed E-state index contributed by atoms with van der Waals surface area (Å²) in [7, 11) is 0. The maximum Gasteiger partial charge on any atom is 0.255 e. The first-order chi connectivity index (χ1) is 8.15. The van der Waals surface area contributed by atoms with E-state index in [1.54, 1.807) is 12.3 Å². The number of aromatic nitrogens is 1. The molecule has 0 radical (unpaired) electrons. The first-order valence-electron chi connectivity index (χ1n) is 5.89. The van der Waals surface area contributed by atoms with Gasteiger partial charge in [-0.1, -0.05) is 13.3 Å². The molecule has 1 saturated carbocycles. The van der Waals surface area contributed by atoms with Crippen molar-refractivity contribution >= 4 is 11.6 Å². The standard InChI is InChI=1S/C12H18N4O/c1-3-8-5-10(8)15-12(17)9-6-14-7(2)4-11(9)16-13/h4,6,8,10H,3,5,13H2,1-2H3,(H,14,16)(H,15,17). The summed E-state index contributed by atoms with van der Waals surface area (Å²) in [5, 5.41) is 2.99. The number of nitrogens with two attached hydrogens (primary N) is 1. The molecule has 5 nitrogen and oxygen atoms in total. The molecule has 92 valence electrons. The summed E-state index contributed by atoms with van der Waals surface area (Å²) in [6.45, 7) is 3.99. The zero-order valence-corrected chi connectivity index (χ0v) is 10.2. The van der Waals surface area contributed by atoms with Gasteiger partial charge in [-0.2, -0.15) is 0 Å². The quantitative estimate of drug-likeness (QED) is 0.540. The second-order valence-corrected chi connectivity index (χ2v) is 4.50. The molecule has 1 aliphatic carbocycles. The Hall–Kier alpha value is -1.62. The van der Waals surface area contributed by atoms with Crippen LogP contribution in [0.2, 0.25) is 0 Å². The van der Waals surface area contributed by atoms with Gasteiger partial charge in [-0.15, -0.1) is 0 Å². The third-order valence-electron chi connectivity index (χ3n) is 3.20. The Morgan fingerprint density at radius 1 is 1.65 bits per heavy atom. The Morgan fingerprint density at radius 2 is 2.41 bits per heavy atom. The Labute approximate surface area is 101 Å². The lowest BCUT2D eigenvalue weighted by atomic mass is 10.2. The molecule has 1 aromatic heterocycles. The highest BCUT2D eigenvalue weighted by atomic mass is 16.1. The minimum Gasteiger partial charge on any atom is -0.349 e. The average molecular weight is 234 g/mol. The van der Waals surface area contributed by atoms with Crippen molar-refractivity contribution in [2.45, 2.75) is 32.7 Å². The Kier molecular flexibility index (Phi) is 3.28. The van der Waals surface area contributed by atoms with Crippen molar-refractivity contribution in [3.63, 3.8) is 0 Å². The number of nitrogens with one attached hydrogen (secondary N) is 2. The van der Waals surface area contributed by atoms with Crippen molar-refractivity contribution in [3.05, 3.63) is 23.5 Å². The smallest absolute Gasteiger partial charge is 0.255 e. The zero-order chi connectivity index (χ0) is 12.4. The monoisotopic (exact) mass is 234 g/mol. The highest BCUT2D eigenvalue weighted by Crippen LogP contribution is 2.33. The molecule has 1 aromatic rings. The van der Waals surface area contributed by atoms with Crippen molar-refractivity contribution in [2.75, 3.05) is 5.43 Å². The third kappa shape index (κ3) is 2.55. The van der Waals surface area contributed by atoms with Gasteiger partial charge in [0.1, 0.15) is 0 Å². The van der Waals surface area contributed by atoms with Crippen LogP contribution in [0.25, 0.3) is 0 Å². The molecule has 2 unspecified atom stereocenters. The van der Waals surface area contributed by atoms with E-state index < -0.39 is 0 Å². The zero-order valence-electron chi connectivity index (χ0n) is 10.2. The lowest BCUT2D eigenvalue weighted by molar-refractivity contribution is 0.0949. The van der Waals surface area contributed by atoms with E-state index in [1.807, 2.05) is 6.92 Å². The molecular formula is C12H18N4O. The number of rotatable bonds is 4. The SMILES string of the molecule is CCC1CC1NC(=O)c1cnc(C)cc1NN. The van der Waals surface area contributed by atoms with Crippen LogP contribution in [0.15, 0.2) is 12.3 Å². The predicted molar refractivity (Wildman–Crippen MR) is 66.4 cm³/mol. The van der Waals surface area contributed by atoms with Crippen LogP contribution in [0, 0.1) is 12.8 Å². The molecule has 0 aliphatic heterocycles. The molecule has 2 rings (SSSR count). The van der Waals surface area contributed by atoms with Crippen molar-refractivity contribution < 1.29 is 4.79 Å². The van der Waals surface area contributed by atoms with Crippen LogP contribution in [0.3, 0.4) is 0 Å². The minimum absolute atomic E-state index is 0.105. The molecule has 0 bridgehead atoms. The first-order valence-corrected chi connectivity index (χ1v) is 5.89. The van der Waals surface area contributed by atoms with E-state index in [-0.39, 0.29) is 5.91 Å². The molecule has 1 heterocycles. The third-order valence-corrected chi connectivity index (χ3v) is 3.20. The number of carbonyl (C=O) groups is 1. The van der Waals surface area contributed by atoms with Crippen molar-refractivity contribution in [3.8, 4) is 0 Å². The van der Waals surface area contributed by atoms with Gasteiger partial charge < -0.3 is 10.7 Å². The molecule has 4 N–H and O–H groups in total. The van der Waals surface area contributed by atoms with Crippen molar-refractivity contribution in [1.29, 1.82) is 0 Å². The number of amides is 1. The fraction of sp³-hybridized carbons (Fsp3) is 0.500. The summed E-state index contributed by atoms with van der Waals surface area (Å²) >= 11 is 0. The number of hydrazine groups is 1. The minimum atomic E-state index is -0.105. The van der Waals surface area contributed by atoms with E-state index in [0.29, 0.717) is 23.2 Å². The molecule has 0 saturated heterocycles. The van der Waals surface area contributed by atoms with E-state index in [1.165, 1.54) is 0 Å². The van der Waals surface area contributed by atoms with Gasteiger partial charge in [-0.05, 0) is 25.3 Å². The van der Waals surface area contributed by atoms with Crippen LogP contribution < -0.4 is 16.6 Å². The van der Waals surface area contributed by atoms with Gasteiger partial charge >= 0.3 is 0 Å². The molecule has 0 spiro atoms. The number of nitrogen functional groups attached to an aromatic ring is 1. The Bertz CT molecular complexity index is 433. The van der Waals surface area contributed by atoms with Crippen LogP contribution in [-0.2, 0) is 0 Å². The first kappa shape index (κ1) is 11.9. The van der Waals surface area contributed by atoms with Crippen LogP contribution in [-0.4, -0.2) is 16.9 Å². The average Bonchev–Trinajstić information content (AvgIpc) is 3.07. The number of aryl methyl sites for hydroxylation is 1. The lowest BCUT2D eigenvalue weighted by Gasteiger charge is -2.09. The molecule has 17 heavy (non-hydrogen) atoms. The highest BCUT2D eigenvalue weighted by Gasteiger charge is 2.36. The summed E-state index contributed by atoms with van der Waals surface area (Å²) < 4.78 is 0. The normalized spacial score (nSPS) is 22.1. The Morgan fingerprint density at radius 3 is 3.00 bits per heavy atom. The summed E-state index contributed by atoms with van der Waals surface area (Å²) in [5.41, 5.74) is 4.48. The lowest BCUT2D eigenvalue weighted by Crippen LogP contribution is -2.28. The molecule has 2 atom stereocenters. The van der Waals surface area contributed by atoms with Gasteiger partial charge in [0.15, 0.2) is 0 Å². The molecule has 1 amide bonds. The van der Waals surface area contributed by atoms with Crippen LogP contribution >= 0.6 is 0 Å². The van der Waals surface area contributed by atoms with Gasteiger partial charge in [0, 0.05) is 17.9 Å². The van der Waals surface area contributed by atoms with Crippen LogP contribution in [0.4, 0.5) is 5.69 Å². The number of carbonyl (C=O) groups excluding carboxylic acids is 1. The van der Waals surface area contributed by atoms with Crippen molar-refractivity contribution in [2.24, 2.45) is 11.8 Å². The predicted octanol–water partition coefficient (Wildman–Crippen LogP) is 1.20. The maximum atomic E-state index is 12.0. The summed E-state index contributed by atoms with van der Waals surface area (Å²) in [6, 6.07) is 2.08. The van der Waals surface area contributed by atoms with E-state index in [9.17, 15) is 4.79 Å². The molecule has 0 aromatic carbocycles. The summed E-state index contributed by atoms with van der Waals surface area (Å²) in [6.07, 6.45) is 3.75. The highest BCUT2D eigenvalue weighted by molar-refractivity contribution is 5.99. The van der Waals surface area contributed by atoms with Crippen LogP contribution in [0.1, 0.15) is 35.8 Å². The second kappa shape index (κ2) is 4.71. The fourth-order valence-electron chi connectivity index (χ4n) is 1.98. The largest absolute Gasteiger partial charge is 0.349 e. The molecule has 1 aliphatic rings. The van der Waals surface area contributed by atoms with Gasteiger partial charge in [-0.25, -0.2) is 0 Å². The number of hydrogen-bond acceptors (Lipinski definition) is 4. The second-order valence-electron chi connectivity index (χ2n) is 4.50. The van der Waals surface area contributed by atoms with Crippen LogP contribution in [0.5, 0.6) is 0 Å². The topological polar surface area (TPSA) is 80.0 Å². The number of pyridine rings is 1. The maximum absolute atomic E-state index is 12.0. The van der Waals surface area contributed by atoms with E-state index in [0.717, 1.165) is 18.5 Å². The van der Waals surface area contributed by atoms with E-state index >= 15 is 0 Å². The summed E-state index contributed by atoms with van der Waals surface area (Å²) in [4.78, 5) is 16.1. The van der Waals surface area contributed by atoms with Gasteiger partial charge in [0.25, 0.3) is 5.91 Å². The number of hydrogen-bond donors (Lipinski definition) is 3. The van der Waals surface area contributed by atoms with Gasteiger partial charge in [-0.3, -0.25) is 15.6 Å². The molecule has 5 heteroatoms. The van der Waals surface area contributed by atoms with Crippen molar-refractivity contribution in [1.82, 2.24) is 10.3 Å². The summed E-state index contributed by atoms with van der Waals surface area (Å²) in [5.74, 6) is 5.93. The van der Waals surface area contributed by atoms with Gasteiger partial charge in [0.2, 0.25) is 0 Å². The fourth-order valence-corrected chi connectivity index (χ4v) is 1.98. The number of anilines is 1. The van der Waals surface area contributed by atoms with Gasteiger partial charge in [0.05, 0.1) is 11.3 Å². The number of nitrogens with zero attached hydrogens (tertiary/aromatic N) is 1. The molecular weight excluding hydrogens is 216 g/mol. The van der Waals surface area contributed by atoms with E-state index in [4.69, 9.17) is 5.84 Å². The Balaban J connectivity index is 2.08. The molecule has 1 fully saturated rings. The van der Waals surface area contributed by atoms with E-state index in [2.05, 4.69) is 22.7 Å².